The molecule has 0 aliphatic heterocycles. The second kappa shape index (κ2) is 4.63. The minimum atomic E-state index is 0.744. The number of hydrogen-bond acceptors (Lipinski definition) is 2. The van der Waals surface area contributed by atoms with Crippen molar-refractivity contribution >= 4 is 11.3 Å². The molecule has 1 aromatic rings. The summed E-state index contributed by atoms with van der Waals surface area (Å²) in [7, 11) is 2.01. The third-order valence-electron chi connectivity index (χ3n) is 1.90. The Bertz CT molecular complexity index is 229. The van der Waals surface area contributed by atoms with Gasteiger partial charge in [-0.15, -0.1) is 11.3 Å². The van der Waals surface area contributed by atoms with Crippen LogP contribution in [0.3, 0.4) is 0 Å². The van der Waals surface area contributed by atoms with E-state index in [1.165, 1.54) is 16.2 Å². The summed E-state index contributed by atoms with van der Waals surface area (Å²) < 4.78 is 0. The normalized spacial score (nSPS) is 13.2. The fourth-order valence-corrected chi connectivity index (χ4v) is 2.41. The molecule has 1 rings (SSSR count). The van der Waals surface area contributed by atoms with Gasteiger partial charge in [-0.2, -0.15) is 0 Å². The largest absolute Gasteiger partial charge is 0.319 e. The summed E-state index contributed by atoms with van der Waals surface area (Å²) in [4.78, 5) is 2.93. The van der Waals surface area contributed by atoms with Crippen molar-refractivity contribution in [2.24, 2.45) is 5.92 Å². The molecule has 1 N–H and O–H groups in total. The molecule has 0 fully saturated rings. The van der Waals surface area contributed by atoms with E-state index in [-0.39, 0.29) is 0 Å². The third-order valence-corrected chi connectivity index (χ3v) is 2.92. The first-order valence-corrected chi connectivity index (χ1v) is 5.24. The Morgan fingerprint density at radius 2 is 2.25 bits per heavy atom. The summed E-state index contributed by atoms with van der Waals surface area (Å²) in [5.41, 5.74) is 0. The van der Waals surface area contributed by atoms with E-state index >= 15 is 0 Å². The van der Waals surface area contributed by atoms with Gasteiger partial charge in [0.05, 0.1) is 0 Å². The number of aryl methyl sites for hydroxylation is 1. The first kappa shape index (κ1) is 9.75. The van der Waals surface area contributed by atoms with Crippen LogP contribution in [-0.2, 0) is 6.42 Å². The molecule has 1 aromatic heterocycles. The summed E-state index contributed by atoms with van der Waals surface area (Å²) in [6.45, 7) is 5.55. The van der Waals surface area contributed by atoms with Gasteiger partial charge in [0.15, 0.2) is 0 Å². The molecule has 0 saturated heterocycles. The molecule has 2 heteroatoms. The first-order chi connectivity index (χ1) is 5.72. The van der Waals surface area contributed by atoms with Crippen LogP contribution >= 0.6 is 11.3 Å². The van der Waals surface area contributed by atoms with Gasteiger partial charge in [0.2, 0.25) is 0 Å². The van der Waals surface area contributed by atoms with Crippen LogP contribution in [0.25, 0.3) is 0 Å². The van der Waals surface area contributed by atoms with Crippen LogP contribution < -0.4 is 5.32 Å². The summed E-state index contributed by atoms with van der Waals surface area (Å²) in [6.07, 6.45) is 1.21. The smallest absolute Gasteiger partial charge is 0.00512 e. The topological polar surface area (TPSA) is 12.0 Å². The van der Waals surface area contributed by atoms with Gasteiger partial charge in [-0.05, 0) is 45.0 Å². The zero-order valence-corrected chi connectivity index (χ0v) is 8.87. The lowest BCUT2D eigenvalue weighted by atomic mass is 10.1. The zero-order valence-electron chi connectivity index (χ0n) is 8.05. The predicted molar refractivity (Wildman–Crippen MR) is 55.9 cm³/mol. The molecule has 1 atom stereocenters. The molecule has 0 spiro atoms. The second-order valence-electron chi connectivity index (χ2n) is 3.38. The predicted octanol–water partition coefficient (Wildman–Crippen LogP) is 2.45. The first-order valence-electron chi connectivity index (χ1n) is 4.42. The van der Waals surface area contributed by atoms with Gasteiger partial charge in [-0.1, -0.05) is 6.92 Å². The molecule has 0 aliphatic rings. The van der Waals surface area contributed by atoms with Crippen molar-refractivity contribution in [3.05, 3.63) is 21.9 Å². The van der Waals surface area contributed by atoms with Gasteiger partial charge in [-0.3, -0.25) is 0 Å². The molecule has 0 radical (unpaired) electrons. The van der Waals surface area contributed by atoms with Crippen LogP contribution in [0.15, 0.2) is 12.1 Å². The fraction of sp³-hybridized carbons (Fsp3) is 0.600. The Balaban J connectivity index is 2.41. The number of nitrogens with one attached hydrogen (secondary N) is 1. The molecule has 12 heavy (non-hydrogen) atoms. The lowest BCUT2D eigenvalue weighted by Crippen LogP contribution is -2.17. The third kappa shape index (κ3) is 2.95. The average molecular weight is 183 g/mol. The van der Waals surface area contributed by atoms with E-state index < -0.39 is 0 Å². The number of rotatable bonds is 4. The van der Waals surface area contributed by atoms with Crippen LogP contribution in [-0.4, -0.2) is 13.6 Å². The van der Waals surface area contributed by atoms with E-state index in [0.717, 1.165) is 12.5 Å². The van der Waals surface area contributed by atoms with Gasteiger partial charge in [-0.25, -0.2) is 0 Å². The van der Waals surface area contributed by atoms with Crippen molar-refractivity contribution in [2.45, 2.75) is 20.3 Å². The summed E-state index contributed by atoms with van der Waals surface area (Å²) in [5, 5.41) is 3.20. The summed E-state index contributed by atoms with van der Waals surface area (Å²) in [5.74, 6) is 0.744. The molecule has 1 heterocycles. The highest BCUT2D eigenvalue weighted by atomic mass is 32.1. The molecule has 1 nitrogen and oxygen atoms in total. The van der Waals surface area contributed by atoms with Gasteiger partial charge in [0, 0.05) is 9.75 Å². The Morgan fingerprint density at radius 3 is 2.75 bits per heavy atom. The van der Waals surface area contributed by atoms with Gasteiger partial charge in [0.25, 0.3) is 0 Å². The standard InChI is InChI=1S/C10H17NS/c1-8(7-11-3)6-10-5-4-9(2)12-10/h4-5,8,11H,6-7H2,1-3H3. The van der Waals surface area contributed by atoms with Gasteiger partial charge >= 0.3 is 0 Å². The number of hydrogen-bond donors (Lipinski definition) is 1. The highest BCUT2D eigenvalue weighted by Crippen LogP contribution is 2.18. The Labute approximate surface area is 78.8 Å². The van der Waals surface area contributed by atoms with Crippen LogP contribution in [0.2, 0.25) is 0 Å². The minimum absolute atomic E-state index is 0.744. The maximum Gasteiger partial charge on any atom is 0.00512 e. The minimum Gasteiger partial charge on any atom is -0.319 e. The highest BCUT2D eigenvalue weighted by molar-refractivity contribution is 7.11. The molecule has 0 bridgehead atoms. The average Bonchev–Trinajstić information content (AvgIpc) is 2.36. The van der Waals surface area contributed by atoms with Crippen LogP contribution in [0, 0.1) is 12.8 Å². The Kier molecular flexibility index (Phi) is 3.76. The van der Waals surface area contributed by atoms with E-state index in [1.54, 1.807) is 0 Å². The van der Waals surface area contributed by atoms with Crippen molar-refractivity contribution in [2.75, 3.05) is 13.6 Å². The lowest BCUT2D eigenvalue weighted by molar-refractivity contribution is 0.545. The van der Waals surface area contributed by atoms with Gasteiger partial charge in [0.1, 0.15) is 0 Å². The molecule has 0 saturated carbocycles. The molecule has 68 valence electrons. The maximum absolute atomic E-state index is 3.20. The number of thiophene rings is 1. The Morgan fingerprint density at radius 1 is 1.50 bits per heavy atom. The van der Waals surface area contributed by atoms with Crippen LogP contribution in [0.5, 0.6) is 0 Å². The maximum atomic E-state index is 3.20. The van der Waals surface area contributed by atoms with E-state index in [4.69, 9.17) is 0 Å². The summed E-state index contributed by atoms with van der Waals surface area (Å²) >= 11 is 1.91. The van der Waals surface area contributed by atoms with E-state index in [2.05, 4.69) is 31.3 Å². The molecule has 0 aliphatic carbocycles. The Hall–Kier alpha value is -0.340. The van der Waals surface area contributed by atoms with E-state index in [1.807, 2.05) is 18.4 Å². The quantitative estimate of drug-likeness (QED) is 0.756. The van der Waals surface area contributed by atoms with E-state index in [0.29, 0.717) is 0 Å². The van der Waals surface area contributed by atoms with E-state index in [9.17, 15) is 0 Å². The SMILES string of the molecule is CNCC(C)Cc1ccc(C)s1. The van der Waals surface area contributed by atoms with Crippen molar-refractivity contribution in [1.82, 2.24) is 5.32 Å². The van der Waals surface area contributed by atoms with Gasteiger partial charge < -0.3 is 5.32 Å². The molecule has 1 unspecified atom stereocenters. The van der Waals surface area contributed by atoms with Crippen molar-refractivity contribution < 1.29 is 0 Å². The molecule has 0 aromatic carbocycles. The fourth-order valence-electron chi connectivity index (χ4n) is 1.36. The molecular weight excluding hydrogens is 166 g/mol. The summed E-state index contributed by atoms with van der Waals surface area (Å²) in [6, 6.07) is 4.44. The van der Waals surface area contributed by atoms with Crippen molar-refractivity contribution in [1.29, 1.82) is 0 Å². The van der Waals surface area contributed by atoms with Crippen LogP contribution in [0.1, 0.15) is 16.7 Å². The molecule has 0 amide bonds. The zero-order chi connectivity index (χ0) is 8.97. The lowest BCUT2D eigenvalue weighted by Gasteiger charge is -2.07. The molecular formula is C10H17NS. The highest BCUT2D eigenvalue weighted by Gasteiger charge is 2.03. The van der Waals surface area contributed by atoms with Crippen molar-refractivity contribution in [3.8, 4) is 0 Å². The van der Waals surface area contributed by atoms with Crippen LogP contribution in [0.4, 0.5) is 0 Å². The monoisotopic (exact) mass is 183 g/mol. The van der Waals surface area contributed by atoms with Crippen molar-refractivity contribution in [3.63, 3.8) is 0 Å². The second-order valence-corrected chi connectivity index (χ2v) is 4.75.